The summed E-state index contributed by atoms with van der Waals surface area (Å²) in [5.74, 6) is 1.94. The van der Waals surface area contributed by atoms with E-state index in [9.17, 15) is 19.8 Å². The fraction of sp³-hybridized carbons (Fsp3) is 0.714. The van der Waals surface area contributed by atoms with Gasteiger partial charge in [0.2, 0.25) is 23.6 Å². The average molecular weight is 747 g/mol. The van der Waals surface area contributed by atoms with Gasteiger partial charge in [-0.1, -0.05) is 0 Å². The van der Waals surface area contributed by atoms with Gasteiger partial charge in [-0.05, 0) is 115 Å². The number of aliphatic hydroxyl groups excluding tert-OH is 2. The lowest BCUT2D eigenvalue weighted by molar-refractivity contribution is -0.140. The molecule has 12 heteroatoms. The first-order chi connectivity index (χ1) is 26.0. The SMILES string of the molecule is COc1cc(C)c(N2CCC[C@]3(CCN(C4CCC(O)CC4)C3=O)C2)cn1.COc1cc(C)c(N2CCC[C@]3(CCN(C4CCC(O)CC4)C3=O)C2)cn1. The fourth-order valence-electron chi connectivity index (χ4n) is 10.5. The summed E-state index contributed by atoms with van der Waals surface area (Å²) >= 11 is 0. The Kier molecular flexibility index (Phi) is 11.6. The van der Waals surface area contributed by atoms with Crippen molar-refractivity contribution in [2.45, 2.75) is 128 Å². The van der Waals surface area contributed by atoms with Crippen LogP contribution in [0.25, 0.3) is 0 Å². The molecule has 2 aromatic rings. The molecule has 2 aromatic heterocycles. The molecule has 296 valence electrons. The number of carbonyl (C=O) groups is 2. The summed E-state index contributed by atoms with van der Waals surface area (Å²) in [5.41, 5.74) is 4.01. The maximum atomic E-state index is 13.4. The minimum Gasteiger partial charge on any atom is -0.481 e. The van der Waals surface area contributed by atoms with Gasteiger partial charge in [0, 0.05) is 63.5 Å². The van der Waals surface area contributed by atoms with Crippen LogP contribution in [0.1, 0.15) is 101 Å². The van der Waals surface area contributed by atoms with Gasteiger partial charge < -0.3 is 39.3 Å². The van der Waals surface area contributed by atoms with Crippen molar-refractivity contribution in [3.8, 4) is 11.8 Å². The molecule has 2 N–H and O–H groups in total. The highest BCUT2D eigenvalue weighted by atomic mass is 16.5. The summed E-state index contributed by atoms with van der Waals surface area (Å²) in [6.45, 7) is 9.41. The maximum Gasteiger partial charge on any atom is 0.230 e. The first-order valence-electron chi connectivity index (χ1n) is 20.5. The molecule has 2 spiro atoms. The van der Waals surface area contributed by atoms with Crippen LogP contribution in [0.2, 0.25) is 0 Å². The quantitative estimate of drug-likeness (QED) is 0.415. The number of aromatic nitrogens is 2. The number of likely N-dealkylation sites (tertiary alicyclic amines) is 2. The normalized spacial score (nSPS) is 31.6. The van der Waals surface area contributed by atoms with Crippen molar-refractivity contribution in [2.24, 2.45) is 10.8 Å². The average Bonchev–Trinajstić information content (AvgIpc) is 3.66. The summed E-state index contributed by atoms with van der Waals surface area (Å²) in [7, 11) is 3.26. The van der Waals surface area contributed by atoms with E-state index in [0.717, 1.165) is 152 Å². The number of hydrogen-bond acceptors (Lipinski definition) is 10. The highest BCUT2D eigenvalue weighted by Gasteiger charge is 2.52. The van der Waals surface area contributed by atoms with Gasteiger partial charge in [-0.3, -0.25) is 9.59 Å². The summed E-state index contributed by atoms with van der Waals surface area (Å²) in [6.07, 6.45) is 16.4. The highest BCUT2D eigenvalue weighted by molar-refractivity contribution is 5.87. The minimum atomic E-state index is -0.249. The minimum absolute atomic E-state index is 0.177. The Morgan fingerprint density at radius 2 is 1.00 bits per heavy atom. The van der Waals surface area contributed by atoms with Gasteiger partial charge in [0.25, 0.3) is 0 Å². The molecule has 8 rings (SSSR count). The van der Waals surface area contributed by atoms with E-state index in [0.29, 0.717) is 35.7 Å². The number of aliphatic hydroxyl groups is 2. The van der Waals surface area contributed by atoms with Gasteiger partial charge in [0.1, 0.15) is 0 Å². The van der Waals surface area contributed by atoms with Gasteiger partial charge in [0.15, 0.2) is 0 Å². The van der Waals surface area contributed by atoms with E-state index in [1.165, 1.54) is 0 Å². The fourth-order valence-corrected chi connectivity index (χ4v) is 10.5. The standard InChI is InChI=1S/2C21H31N3O3/c2*1-15-12-19(27-2)22-13-18(15)23-10-3-8-21(14-23)9-11-24(20(21)26)16-4-6-17(25)7-5-16/h2*12-13,16-17,25H,3-11,14H2,1-2H3/t2*16?,17?,21-/m00/s1. The summed E-state index contributed by atoms with van der Waals surface area (Å²) in [5, 5.41) is 19.6. The molecule has 6 fully saturated rings. The second-order valence-electron chi connectivity index (χ2n) is 17.1. The molecule has 0 unspecified atom stereocenters. The van der Waals surface area contributed by atoms with Crippen LogP contribution in [-0.2, 0) is 9.59 Å². The second kappa shape index (κ2) is 16.2. The van der Waals surface area contributed by atoms with Gasteiger partial charge in [-0.15, -0.1) is 0 Å². The molecule has 2 atom stereocenters. The van der Waals surface area contributed by atoms with Crippen molar-refractivity contribution in [3.63, 3.8) is 0 Å². The molecule has 0 aromatic carbocycles. The number of pyridine rings is 2. The second-order valence-corrected chi connectivity index (χ2v) is 17.1. The van der Waals surface area contributed by atoms with E-state index < -0.39 is 0 Å². The zero-order valence-corrected chi connectivity index (χ0v) is 33.0. The number of carbonyl (C=O) groups excluding carboxylic acids is 2. The van der Waals surface area contributed by atoms with Gasteiger partial charge in [0.05, 0.1) is 61.0 Å². The Balaban J connectivity index is 0.000000167. The number of anilines is 2. The van der Waals surface area contributed by atoms with Crippen LogP contribution in [-0.4, -0.2) is 120 Å². The number of hydrogen-bond donors (Lipinski definition) is 2. The third-order valence-electron chi connectivity index (χ3n) is 13.7. The van der Waals surface area contributed by atoms with Crippen LogP contribution in [0.5, 0.6) is 11.8 Å². The summed E-state index contributed by atoms with van der Waals surface area (Å²) < 4.78 is 10.5. The van der Waals surface area contributed by atoms with E-state index >= 15 is 0 Å². The smallest absolute Gasteiger partial charge is 0.230 e. The van der Waals surface area contributed by atoms with Crippen molar-refractivity contribution in [2.75, 3.05) is 63.3 Å². The number of nitrogens with zero attached hydrogens (tertiary/aromatic N) is 6. The zero-order valence-electron chi connectivity index (χ0n) is 33.0. The Bertz CT molecular complexity index is 1520. The van der Waals surface area contributed by atoms with E-state index in [1.54, 1.807) is 14.2 Å². The van der Waals surface area contributed by atoms with Crippen LogP contribution in [0.3, 0.4) is 0 Å². The first-order valence-corrected chi connectivity index (χ1v) is 20.5. The molecule has 2 amide bonds. The molecule has 4 aliphatic heterocycles. The van der Waals surface area contributed by atoms with Crippen molar-refractivity contribution < 1.29 is 29.3 Å². The van der Waals surface area contributed by atoms with E-state index in [2.05, 4.69) is 43.4 Å². The summed E-state index contributed by atoms with van der Waals surface area (Å²) in [4.78, 5) is 44.6. The topological polar surface area (TPSA) is 132 Å². The van der Waals surface area contributed by atoms with Crippen molar-refractivity contribution in [3.05, 3.63) is 35.7 Å². The lowest BCUT2D eigenvalue weighted by Crippen LogP contribution is -2.50. The Hall–Kier alpha value is -3.64. The summed E-state index contributed by atoms with van der Waals surface area (Å²) in [6, 6.07) is 4.57. The van der Waals surface area contributed by atoms with Crippen LogP contribution < -0.4 is 19.3 Å². The number of methoxy groups -OCH3 is 2. The Labute approximate surface area is 321 Å². The van der Waals surface area contributed by atoms with Crippen molar-refractivity contribution in [1.82, 2.24) is 19.8 Å². The molecule has 6 aliphatic rings. The maximum absolute atomic E-state index is 13.4. The molecular formula is C42H62N6O6. The third-order valence-corrected chi connectivity index (χ3v) is 13.7. The Morgan fingerprint density at radius 3 is 1.35 bits per heavy atom. The molecule has 12 nitrogen and oxygen atoms in total. The Morgan fingerprint density at radius 1 is 0.611 bits per heavy atom. The number of aryl methyl sites for hydroxylation is 2. The molecule has 2 saturated carbocycles. The van der Waals surface area contributed by atoms with Crippen molar-refractivity contribution in [1.29, 1.82) is 0 Å². The molecule has 2 aliphatic carbocycles. The largest absolute Gasteiger partial charge is 0.481 e. The predicted molar refractivity (Wildman–Crippen MR) is 208 cm³/mol. The number of rotatable bonds is 6. The lowest BCUT2D eigenvalue weighted by atomic mass is 9.78. The molecular weight excluding hydrogens is 684 g/mol. The van der Waals surface area contributed by atoms with Gasteiger partial charge in [-0.2, -0.15) is 0 Å². The van der Waals surface area contributed by atoms with Crippen LogP contribution in [0.15, 0.2) is 24.5 Å². The molecule has 4 saturated heterocycles. The lowest BCUT2D eigenvalue weighted by Gasteiger charge is -2.41. The van der Waals surface area contributed by atoms with Crippen molar-refractivity contribution >= 4 is 23.2 Å². The molecule has 0 radical (unpaired) electrons. The van der Waals surface area contributed by atoms with E-state index in [4.69, 9.17) is 9.47 Å². The van der Waals surface area contributed by atoms with E-state index in [-0.39, 0.29) is 23.0 Å². The monoisotopic (exact) mass is 746 g/mol. The molecule has 6 heterocycles. The molecule has 54 heavy (non-hydrogen) atoms. The number of ether oxygens (including phenoxy) is 2. The van der Waals surface area contributed by atoms with Crippen LogP contribution in [0.4, 0.5) is 11.4 Å². The van der Waals surface area contributed by atoms with Gasteiger partial charge >= 0.3 is 0 Å². The molecule has 0 bridgehead atoms. The predicted octanol–water partition coefficient (Wildman–Crippen LogP) is 5.04. The number of amides is 2. The first kappa shape index (κ1) is 38.6. The zero-order chi connectivity index (χ0) is 38.0. The van der Waals surface area contributed by atoms with Gasteiger partial charge in [-0.25, -0.2) is 9.97 Å². The third kappa shape index (κ3) is 7.74. The van der Waals surface area contributed by atoms with Crippen LogP contribution in [0, 0.1) is 24.7 Å². The van der Waals surface area contributed by atoms with E-state index in [1.807, 2.05) is 24.5 Å². The highest BCUT2D eigenvalue weighted by Crippen LogP contribution is 2.45. The number of piperidine rings is 2. The van der Waals surface area contributed by atoms with Crippen LogP contribution >= 0.6 is 0 Å².